The van der Waals surface area contributed by atoms with Gasteiger partial charge in [0.15, 0.2) is 0 Å². The van der Waals surface area contributed by atoms with Gasteiger partial charge in [0.1, 0.15) is 0 Å². The molecule has 2 N–H and O–H groups in total. The molecule has 0 aliphatic carbocycles. The second-order valence-corrected chi connectivity index (χ2v) is 10.7. The van der Waals surface area contributed by atoms with Gasteiger partial charge in [-0.25, -0.2) is 0 Å². The molecule has 6 rings (SSSR count). The van der Waals surface area contributed by atoms with E-state index < -0.39 is 7.92 Å². The summed E-state index contributed by atoms with van der Waals surface area (Å²) < 4.78 is 0. The molecule has 1 nitrogen and oxygen atoms in total. The topological polar surface area (TPSA) is 26.0 Å². The van der Waals surface area contributed by atoms with E-state index in [0.717, 1.165) is 5.69 Å². The number of benzene rings is 6. The van der Waals surface area contributed by atoms with Crippen LogP contribution in [0.1, 0.15) is 0 Å². The Balaban J connectivity index is 1.75. The summed E-state index contributed by atoms with van der Waals surface area (Å²) in [6.07, 6.45) is 0. The summed E-state index contributed by atoms with van der Waals surface area (Å²) in [6.45, 7) is 0. The first kappa shape index (κ1) is 20.7. The highest BCUT2D eigenvalue weighted by atomic mass is 31.1. The van der Waals surface area contributed by atoms with Crippen LogP contribution in [0.2, 0.25) is 0 Å². The van der Waals surface area contributed by atoms with Crippen LogP contribution in [0.3, 0.4) is 0 Å². The first-order valence-corrected chi connectivity index (χ1v) is 12.8. The number of nitrogens with two attached hydrogens (primary N) is 1. The molecular formula is C32H24NP. The Morgan fingerprint density at radius 2 is 1.03 bits per heavy atom. The van der Waals surface area contributed by atoms with E-state index in [1.807, 2.05) is 0 Å². The normalized spacial score (nSPS) is 11.3. The van der Waals surface area contributed by atoms with E-state index in [2.05, 4.69) is 133 Å². The first-order valence-electron chi connectivity index (χ1n) is 11.5. The molecule has 162 valence electrons. The monoisotopic (exact) mass is 453 g/mol. The summed E-state index contributed by atoms with van der Waals surface area (Å²) in [5, 5.41) is 8.92. The molecule has 0 bridgehead atoms. The lowest BCUT2D eigenvalue weighted by Crippen LogP contribution is -2.22. The van der Waals surface area contributed by atoms with Gasteiger partial charge in [-0.1, -0.05) is 121 Å². The number of anilines is 1. The van der Waals surface area contributed by atoms with Crippen LogP contribution in [-0.4, -0.2) is 0 Å². The van der Waals surface area contributed by atoms with Gasteiger partial charge in [0.25, 0.3) is 0 Å². The molecule has 6 aromatic carbocycles. The zero-order chi connectivity index (χ0) is 22.9. The highest BCUT2D eigenvalue weighted by molar-refractivity contribution is 7.80. The minimum Gasteiger partial charge on any atom is -0.399 e. The Labute approximate surface area is 201 Å². The smallest absolute Gasteiger partial charge is 0.0326 e. The van der Waals surface area contributed by atoms with Crippen molar-refractivity contribution in [2.45, 2.75) is 0 Å². The molecule has 0 fully saturated rings. The van der Waals surface area contributed by atoms with Gasteiger partial charge < -0.3 is 5.73 Å². The van der Waals surface area contributed by atoms with E-state index >= 15 is 0 Å². The number of rotatable bonds is 4. The zero-order valence-corrected chi connectivity index (χ0v) is 19.6. The molecule has 0 saturated heterocycles. The molecule has 0 aromatic heterocycles. The molecule has 0 aliphatic heterocycles. The summed E-state index contributed by atoms with van der Waals surface area (Å²) in [6, 6.07) is 47.9. The third-order valence-corrected chi connectivity index (χ3v) is 8.81. The second-order valence-electron chi connectivity index (χ2n) is 8.48. The van der Waals surface area contributed by atoms with Crippen LogP contribution in [0.4, 0.5) is 5.69 Å². The van der Waals surface area contributed by atoms with Gasteiger partial charge in [-0.2, -0.15) is 0 Å². The molecule has 0 aliphatic rings. The quantitative estimate of drug-likeness (QED) is 0.226. The third-order valence-electron chi connectivity index (χ3n) is 6.33. The van der Waals surface area contributed by atoms with E-state index in [9.17, 15) is 0 Å². The van der Waals surface area contributed by atoms with Crippen molar-refractivity contribution < 1.29 is 0 Å². The van der Waals surface area contributed by atoms with Crippen LogP contribution in [0.15, 0.2) is 133 Å². The maximum Gasteiger partial charge on any atom is 0.0326 e. The molecule has 0 atom stereocenters. The maximum absolute atomic E-state index is 6.46. The summed E-state index contributed by atoms with van der Waals surface area (Å²) >= 11 is 0. The van der Waals surface area contributed by atoms with E-state index in [4.69, 9.17) is 5.73 Å². The lowest BCUT2D eigenvalue weighted by Gasteiger charge is -2.24. The zero-order valence-electron chi connectivity index (χ0n) is 18.7. The van der Waals surface area contributed by atoms with E-state index in [1.54, 1.807) is 0 Å². The van der Waals surface area contributed by atoms with Gasteiger partial charge in [0.2, 0.25) is 0 Å². The number of nitrogen functional groups attached to an aromatic ring is 1. The van der Waals surface area contributed by atoms with E-state index in [0.29, 0.717) is 0 Å². The molecule has 0 spiro atoms. The number of hydrogen-bond acceptors (Lipinski definition) is 1. The average Bonchev–Trinajstić information content (AvgIpc) is 2.89. The maximum atomic E-state index is 6.46. The Kier molecular flexibility index (Phi) is 5.34. The van der Waals surface area contributed by atoms with Crippen molar-refractivity contribution in [1.29, 1.82) is 0 Å². The summed E-state index contributed by atoms with van der Waals surface area (Å²) in [5.74, 6) is 0. The Morgan fingerprint density at radius 1 is 0.471 bits per heavy atom. The molecular weight excluding hydrogens is 429 g/mol. The van der Waals surface area contributed by atoms with Gasteiger partial charge >= 0.3 is 0 Å². The summed E-state index contributed by atoms with van der Waals surface area (Å²) in [5.41, 5.74) is 9.72. The van der Waals surface area contributed by atoms with E-state index in [-0.39, 0.29) is 0 Å². The molecule has 0 saturated carbocycles. The molecule has 0 radical (unpaired) electrons. The largest absolute Gasteiger partial charge is 0.399 e. The van der Waals surface area contributed by atoms with Crippen molar-refractivity contribution in [2.75, 3.05) is 5.73 Å². The molecule has 6 aromatic rings. The van der Waals surface area contributed by atoms with Crippen LogP contribution >= 0.6 is 7.92 Å². The van der Waals surface area contributed by atoms with Crippen molar-refractivity contribution >= 4 is 51.1 Å². The van der Waals surface area contributed by atoms with Crippen molar-refractivity contribution in [1.82, 2.24) is 0 Å². The lowest BCUT2D eigenvalue weighted by atomic mass is 9.93. The highest BCUT2D eigenvalue weighted by Gasteiger charge is 2.23. The van der Waals surface area contributed by atoms with Crippen molar-refractivity contribution in [3.8, 4) is 11.1 Å². The molecule has 34 heavy (non-hydrogen) atoms. The average molecular weight is 454 g/mol. The lowest BCUT2D eigenvalue weighted by molar-refractivity contribution is 1.69. The number of fused-ring (bicyclic) bond motifs is 2. The van der Waals surface area contributed by atoms with Gasteiger partial charge in [0, 0.05) is 5.69 Å². The molecule has 0 heterocycles. The Morgan fingerprint density at radius 3 is 1.71 bits per heavy atom. The predicted molar refractivity (Wildman–Crippen MR) is 150 cm³/mol. The first-order chi connectivity index (χ1) is 16.8. The van der Waals surface area contributed by atoms with Gasteiger partial charge in [-0.05, 0) is 68.6 Å². The van der Waals surface area contributed by atoms with Crippen molar-refractivity contribution in [3.63, 3.8) is 0 Å². The van der Waals surface area contributed by atoms with Crippen LogP contribution in [-0.2, 0) is 0 Å². The Bertz CT molecular complexity index is 1570. The van der Waals surface area contributed by atoms with Crippen molar-refractivity contribution in [3.05, 3.63) is 133 Å². The standard InChI is InChI=1S/C32H24NP/c33-25-21-24-12-8-9-17-28(24)30(22-25)32-29-18-10-7-11-23(29)19-20-31(32)34(26-13-3-1-4-14-26)27-15-5-2-6-16-27/h1-22H,33H2. The highest BCUT2D eigenvalue weighted by Crippen LogP contribution is 2.42. The van der Waals surface area contributed by atoms with Crippen LogP contribution in [0, 0.1) is 0 Å². The van der Waals surface area contributed by atoms with Crippen molar-refractivity contribution in [2.24, 2.45) is 0 Å². The minimum atomic E-state index is -0.769. The second kappa shape index (κ2) is 8.78. The van der Waals surface area contributed by atoms with Crippen LogP contribution in [0.25, 0.3) is 32.7 Å². The Hall–Kier alpha value is -3.93. The SMILES string of the molecule is Nc1cc(-c2c(P(c3ccccc3)c3ccccc3)ccc3ccccc23)c2ccccc2c1. The fourth-order valence-corrected chi connectivity index (χ4v) is 7.33. The molecule has 0 unspecified atom stereocenters. The van der Waals surface area contributed by atoms with Crippen LogP contribution < -0.4 is 21.6 Å². The van der Waals surface area contributed by atoms with E-state index in [1.165, 1.54) is 48.6 Å². The predicted octanol–water partition coefficient (Wildman–Crippen LogP) is 7.00. The van der Waals surface area contributed by atoms with Gasteiger partial charge in [0.05, 0.1) is 0 Å². The van der Waals surface area contributed by atoms with Gasteiger partial charge in [-0.3, -0.25) is 0 Å². The molecule has 0 amide bonds. The number of hydrogen-bond donors (Lipinski definition) is 1. The fourth-order valence-electron chi connectivity index (χ4n) is 4.85. The van der Waals surface area contributed by atoms with Gasteiger partial charge in [-0.15, -0.1) is 0 Å². The third kappa shape index (κ3) is 3.65. The molecule has 2 heteroatoms. The summed E-state index contributed by atoms with van der Waals surface area (Å²) in [7, 11) is -0.769. The minimum absolute atomic E-state index is 0.769. The summed E-state index contributed by atoms with van der Waals surface area (Å²) in [4.78, 5) is 0. The van der Waals surface area contributed by atoms with Crippen LogP contribution in [0.5, 0.6) is 0 Å². The fraction of sp³-hybridized carbons (Fsp3) is 0.